The Morgan fingerprint density at radius 2 is 1.95 bits per heavy atom. The molecule has 2 aromatic rings. The van der Waals surface area contributed by atoms with Crippen molar-refractivity contribution in [3.05, 3.63) is 52.3 Å². The second-order valence-electron chi connectivity index (χ2n) is 4.61. The van der Waals surface area contributed by atoms with Crippen LogP contribution in [0.25, 0.3) is 0 Å². The monoisotopic (exact) mass is 326 g/mol. The third kappa shape index (κ3) is 3.53. The molecule has 0 atom stereocenters. The summed E-state index contributed by atoms with van der Waals surface area (Å²) in [5.74, 6) is 0. The summed E-state index contributed by atoms with van der Waals surface area (Å²) in [7, 11) is -3.85. The van der Waals surface area contributed by atoms with Gasteiger partial charge in [0.1, 0.15) is 4.90 Å². The molecule has 7 heteroatoms. The summed E-state index contributed by atoms with van der Waals surface area (Å²) in [4.78, 5) is 4.13. The molecule has 112 valence electrons. The first-order valence-corrected chi connectivity index (χ1v) is 8.06. The number of aromatic nitrogens is 1. The van der Waals surface area contributed by atoms with Gasteiger partial charge >= 0.3 is 0 Å². The van der Waals surface area contributed by atoms with Crippen LogP contribution in [0.5, 0.6) is 0 Å². The van der Waals surface area contributed by atoms with E-state index in [1.54, 1.807) is 25.1 Å². The van der Waals surface area contributed by atoms with Crippen molar-refractivity contribution in [2.75, 3.05) is 4.72 Å². The Bertz CT molecular complexity index is 776. The van der Waals surface area contributed by atoms with Crippen LogP contribution in [-0.4, -0.2) is 18.5 Å². The zero-order chi connectivity index (χ0) is 15.6. The van der Waals surface area contributed by atoms with Crippen LogP contribution in [0.1, 0.15) is 17.0 Å². The number of rotatable bonds is 4. The van der Waals surface area contributed by atoms with E-state index in [0.29, 0.717) is 16.9 Å². The number of nitrogens with zero attached hydrogens (tertiary/aromatic N) is 1. The molecule has 0 radical (unpaired) electrons. The van der Waals surface area contributed by atoms with Crippen LogP contribution in [0.15, 0.2) is 35.2 Å². The van der Waals surface area contributed by atoms with Crippen molar-refractivity contribution < 1.29 is 13.5 Å². The molecule has 0 aliphatic carbocycles. The van der Waals surface area contributed by atoms with Gasteiger partial charge in [0.2, 0.25) is 0 Å². The van der Waals surface area contributed by atoms with Crippen LogP contribution in [0.4, 0.5) is 5.69 Å². The Labute approximate surface area is 128 Å². The minimum Gasteiger partial charge on any atom is -0.392 e. The van der Waals surface area contributed by atoms with Crippen LogP contribution in [0.2, 0.25) is 5.02 Å². The maximum atomic E-state index is 12.4. The van der Waals surface area contributed by atoms with Gasteiger partial charge in [-0.25, -0.2) is 8.42 Å². The predicted octanol–water partition coefficient (Wildman–Crippen LogP) is 2.64. The van der Waals surface area contributed by atoms with E-state index in [-0.39, 0.29) is 16.5 Å². The summed E-state index contributed by atoms with van der Waals surface area (Å²) in [6, 6.07) is 7.74. The average Bonchev–Trinajstić information content (AvgIpc) is 2.42. The molecule has 2 N–H and O–H groups in total. The number of sulfonamides is 1. The fourth-order valence-corrected chi connectivity index (χ4v) is 3.51. The number of nitrogens with one attached hydrogen (secondary N) is 1. The fraction of sp³-hybridized carbons (Fsp3) is 0.214. The van der Waals surface area contributed by atoms with Crippen LogP contribution in [-0.2, 0) is 16.6 Å². The van der Waals surface area contributed by atoms with E-state index in [9.17, 15) is 8.42 Å². The van der Waals surface area contributed by atoms with Gasteiger partial charge < -0.3 is 5.11 Å². The van der Waals surface area contributed by atoms with E-state index in [4.69, 9.17) is 16.7 Å². The number of hydrogen-bond donors (Lipinski definition) is 2. The lowest BCUT2D eigenvalue weighted by Crippen LogP contribution is -2.15. The van der Waals surface area contributed by atoms with Crippen LogP contribution >= 0.6 is 11.6 Å². The van der Waals surface area contributed by atoms with Crippen molar-refractivity contribution in [1.29, 1.82) is 0 Å². The maximum absolute atomic E-state index is 12.4. The van der Waals surface area contributed by atoms with E-state index in [1.165, 1.54) is 12.1 Å². The molecular formula is C14H15ClN2O3S. The summed E-state index contributed by atoms with van der Waals surface area (Å²) in [6.07, 6.45) is 0. The number of hydrogen-bond acceptors (Lipinski definition) is 4. The van der Waals surface area contributed by atoms with E-state index < -0.39 is 10.0 Å². The molecule has 0 amide bonds. The molecule has 0 aliphatic heterocycles. The fourth-order valence-electron chi connectivity index (χ4n) is 1.85. The number of pyridine rings is 1. The number of halogens is 1. The minimum absolute atomic E-state index is 0.0734. The summed E-state index contributed by atoms with van der Waals surface area (Å²) < 4.78 is 27.3. The van der Waals surface area contributed by atoms with E-state index in [2.05, 4.69) is 9.71 Å². The second-order valence-corrected chi connectivity index (χ2v) is 6.67. The Kier molecular flexibility index (Phi) is 4.51. The lowest BCUT2D eigenvalue weighted by atomic mass is 10.2. The molecule has 0 bridgehead atoms. The van der Waals surface area contributed by atoms with Crippen molar-refractivity contribution in [2.24, 2.45) is 0 Å². The highest BCUT2D eigenvalue weighted by atomic mass is 35.5. The molecule has 21 heavy (non-hydrogen) atoms. The molecule has 1 heterocycles. The minimum atomic E-state index is -3.85. The first-order valence-electron chi connectivity index (χ1n) is 6.20. The zero-order valence-corrected chi connectivity index (χ0v) is 13.2. The lowest BCUT2D eigenvalue weighted by molar-refractivity contribution is 0.281. The topological polar surface area (TPSA) is 79.3 Å². The number of benzene rings is 1. The van der Waals surface area contributed by atoms with Crippen molar-refractivity contribution in [2.45, 2.75) is 25.3 Å². The van der Waals surface area contributed by atoms with Gasteiger partial charge in [-0.05, 0) is 43.7 Å². The molecule has 0 aliphatic rings. The largest absolute Gasteiger partial charge is 0.392 e. The molecule has 2 rings (SSSR count). The quantitative estimate of drug-likeness (QED) is 0.905. The number of aryl methyl sites for hydroxylation is 2. The number of anilines is 1. The first kappa shape index (κ1) is 15.8. The summed E-state index contributed by atoms with van der Waals surface area (Å²) in [5, 5.41) is 9.21. The van der Waals surface area contributed by atoms with E-state index >= 15 is 0 Å². The smallest absolute Gasteiger partial charge is 0.263 e. The van der Waals surface area contributed by atoms with Crippen LogP contribution in [0.3, 0.4) is 0 Å². The highest BCUT2D eigenvalue weighted by Gasteiger charge is 2.19. The third-order valence-electron chi connectivity index (χ3n) is 2.94. The molecule has 0 fully saturated rings. The summed E-state index contributed by atoms with van der Waals surface area (Å²) >= 11 is 5.95. The molecule has 0 saturated carbocycles. The van der Waals surface area contributed by atoms with Gasteiger partial charge in [0.05, 0.1) is 23.0 Å². The van der Waals surface area contributed by atoms with E-state index in [0.717, 1.165) is 5.69 Å². The molecule has 0 unspecified atom stereocenters. The average molecular weight is 327 g/mol. The Morgan fingerprint density at radius 3 is 2.57 bits per heavy atom. The molecular weight excluding hydrogens is 312 g/mol. The van der Waals surface area contributed by atoms with Gasteiger partial charge in [-0.15, -0.1) is 0 Å². The third-order valence-corrected chi connectivity index (χ3v) is 4.78. The Balaban J connectivity index is 2.43. The standard InChI is InChI=1S/C14H15ClN2O3S/c1-9-3-6-13(10(2)16-9)17-21(19,20)14-7-11(8-18)4-5-12(14)15/h3-7,17-18H,8H2,1-2H3. The molecule has 1 aromatic heterocycles. The van der Waals surface area contributed by atoms with Crippen molar-refractivity contribution >= 4 is 27.3 Å². The Morgan fingerprint density at radius 1 is 1.24 bits per heavy atom. The number of aliphatic hydroxyl groups is 1. The van der Waals surface area contributed by atoms with Gasteiger partial charge in [-0.1, -0.05) is 17.7 Å². The lowest BCUT2D eigenvalue weighted by Gasteiger charge is -2.12. The summed E-state index contributed by atoms with van der Waals surface area (Å²) in [6.45, 7) is 3.29. The molecule has 5 nitrogen and oxygen atoms in total. The van der Waals surface area contributed by atoms with Crippen LogP contribution < -0.4 is 4.72 Å². The van der Waals surface area contributed by atoms with Gasteiger partial charge in [-0.3, -0.25) is 9.71 Å². The molecule has 1 aromatic carbocycles. The van der Waals surface area contributed by atoms with E-state index in [1.807, 2.05) is 6.92 Å². The predicted molar refractivity (Wildman–Crippen MR) is 81.9 cm³/mol. The Hall–Kier alpha value is -1.63. The van der Waals surface area contributed by atoms with Gasteiger partial charge in [0, 0.05) is 5.69 Å². The van der Waals surface area contributed by atoms with Crippen molar-refractivity contribution in [1.82, 2.24) is 4.98 Å². The van der Waals surface area contributed by atoms with Gasteiger partial charge in [0.25, 0.3) is 10.0 Å². The van der Waals surface area contributed by atoms with Crippen molar-refractivity contribution in [3.8, 4) is 0 Å². The van der Waals surface area contributed by atoms with Gasteiger partial charge in [-0.2, -0.15) is 0 Å². The van der Waals surface area contributed by atoms with Crippen LogP contribution in [0, 0.1) is 13.8 Å². The highest BCUT2D eigenvalue weighted by molar-refractivity contribution is 7.92. The highest BCUT2D eigenvalue weighted by Crippen LogP contribution is 2.26. The summed E-state index contributed by atoms with van der Waals surface area (Å²) in [5.41, 5.74) is 2.24. The normalized spacial score (nSPS) is 11.4. The van der Waals surface area contributed by atoms with Crippen molar-refractivity contribution in [3.63, 3.8) is 0 Å². The molecule has 0 saturated heterocycles. The second kappa shape index (κ2) is 6.01. The first-order chi connectivity index (χ1) is 9.83. The van der Waals surface area contributed by atoms with Gasteiger partial charge in [0.15, 0.2) is 0 Å². The maximum Gasteiger partial charge on any atom is 0.263 e. The zero-order valence-electron chi connectivity index (χ0n) is 11.6. The molecule has 0 spiro atoms. The number of aliphatic hydroxyl groups excluding tert-OH is 1. The SMILES string of the molecule is Cc1ccc(NS(=O)(=O)c2cc(CO)ccc2Cl)c(C)n1.